The summed E-state index contributed by atoms with van der Waals surface area (Å²) in [5.74, 6) is 0.628. The Kier molecular flexibility index (Phi) is 6.92. The van der Waals surface area contributed by atoms with Gasteiger partial charge in [-0.2, -0.15) is 13.2 Å². The highest BCUT2D eigenvalue weighted by Gasteiger charge is 2.31. The lowest BCUT2D eigenvalue weighted by atomic mass is 9.89. The van der Waals surface area contributed by atoms with Crippen molar-refractivity contribution in [1.82, 2.24) is 15.0 Å². The molecular formula is C44H26F3N3. The Morgan fingerprint density at radius 1 is 0.440 bits per heavy atom. The van der Waals surface area contributed by atoms with Gasteiger partial charge in [-0.15, -0.1) is 0 Å². The van der Waals surface area contributed by atoms with Crippen LogP contribution in [-0.4, -0.2) is 15.0 Å². The molecule has 238 valence electrons. The van der Waals surface area contributed by atoms with E-state index in [0.717, 1.165) is 71.9 Å². The summed E-state index contributed by atoms with van der Waals surface area (Å²) in [7, 11) is 0. The molecule has 0 saturated carbocycles. The zero-order valence-electron chi connectivity index (χ0n) is 26.5. The van der Waals surface area contributed by atoms with E-state index in [2.05, 4.69) is 47.4 Å². The third kappa shape index (κ3) is 5.22. The molecule has 0 aliphatic heterocycles. The molecule has 0 aliphatic rings. The third-order valence-electron chi connectivity index (χ3n) is 9.35. The Bertz CT molecular complexity index is 2630. The molecule has 0 N–H and O–H groups in total. The van der Waals surface area contributed by atoms with Gasteiger partial charge in [0.1, 0.15) is 0 Å². The summed E-state index contributed by atoms with van der Waals surface area (Å²) in [6.07, 6.45) is -0.799. The van der Waals surface area contributed by atoms with Crippen molar-refractivity contribution in [3.05, 3.63) is 164 Å². The largest absolute Gasteiger partial charge is 0.416 e. The number of rotatable bonds is 5. The molecule has 9 rings (SSSR count). The molecule has 0 spiro atoms. The van der Waals surface area contributed by atoms with Crippen LogP contribution in [0.4, 0.5) is 13.2 Å². The highest BCUT2D eigenvalue weighted by Crippen LogP contribution is 2.42. The summed E-state index contributed by atoms with van der Waals surface area (Å²) >= 11 is 0. The van der Waals surface area contributed by atoms with Crippen molar-refractivity contribution in [3.8, 4) is 56.2 Å². The van der Waals surface area contributed by atoms with E-state index in [-0.39, 0.29) is 0 Å². The maximum absolute atomic E-state index is 13.7. The molecule has 0 unspecified atom stereocenters. The predicted molar refractivity (Wildman–Crippen MR) is 196 cm³/mol. The number of benzene rings is 7. The lowest BCUT2D eigenvalue weighted by Gasteiger charge is -2.16. The van der Waals surface area contributed by atoms with Crippen molar-refractivity contribution in [2.24, 2.45) is 0 Å². The van der Waals surface area contributed by atoms with Crippen LogP contribution in [0.15, 0.2) is 158 Å². The monoisotopic (exact) mass is 653 g/mol. The first kappa shape index (κ1) is 29.7. The Hall–Kier alpha value is -6.40. The van der Waals surface area contributed by atoms with Gasteiger partial charge in [0.05, 0.1) is 17.0 Å². The van der Waals surface area contributed by atoms with E-state index in [1.807, 2.05) is 85.1 Å². The molecule has 0 atom stereocenters. The second-order valence-electron chi connectivity index (χ2n) is 12.4. The minimum atomic E-state index is -4.41. The molecule has 50 heavy (non-hydrogen) atoms. The fraction of sp³-hybridized carbons (Fsp3) is 0.0227. The number of hydrogen-bond donors (Lipinski definition) is 0. The van der Waals surface area contributed by atoms with E-state index in [0.29, 0.717) is 16.6 Å². The second-order valence-corrected chi connectivity index (χ2v) is 12.4. The maximum atomic E-state index is 13.7. The zero-order valence-corrected chi connectivity index (χ0v) is 26.5. The topological polar surface area (TPSA) is 38.7 Å². The van der Waals surface area contributed by atoms with Crippen LogP contribution in [0.2, 0.25) is 0 Å². The van der Waals surface area contributed by atoms with Crippen molar-refractivity contribution in [1.29, 1.82) is 0 Å². The van der Waals surface area contributed by atoms with E-state index in [9.17, 15) is 13.2 Å². The molecule has 0 saturated heterocycles. The van der Waals surface area contributed by atoms with E-state index in [4.69, 9.17) is 9.97 Å². The second kappa shape index (κ2) is 11.6. The van der Waals surface area contributed by atoms with Crippen LogP contribution >= 0.6 is 0 Å². The molecule has 0 fully saturated rings. The van der Waals surface area contributed by atoms with Crippen LogP contribution in [0, 0.1) is 0 Å². The van der Waals surface area contributed by atoms with Gasteiger partial charge in [0.15, 0.2) is 5.82 Å². The first-order valence-electron chi connectivity index (χ1n) is 16.2. The molecule has 0 radical (unpaired) electrons. The van der Waals surface area contributed by atoms with Gasteiger partial charge in [0.2, 0.25) is 0 Å². The highest BCUT2D eigenvalue weighted by atomic mass is 19.4. The molecule has 0 bridgehead atoms. The van der Waals surface area contributed by atoms with Crippen molar-refractivity contribution < 1.29 is 13.2 Å². The lowest BCUT2D eigenvalue weighted by molar-refractivity contribution is -0.137. The summed E-state index contributed by atoms with van der Waals surface area (Å²) < 4.78 is 41.0. The van der Waals surface area contributed by atoms with Gasteiger partial charge < -0.3 is 0 Å². The molecule has 6 heteroatoms. The fourth-order valence-electron chi connectivity index (χ4n) is 6.88. The van der Waals surface area contributed by atoms with Crippen molar-refractivity contribution in [2.75, 3.05) is 0 Å². The Morgan fingerprint density at radius 2 is 1.02 bits per heavy atom. The molecule has 2 aromatic heterocycles. The Balaban J connectivity index is 1.12. The van der Waals surface area contributed by atoms with Gasteiger partial charge in [-0.3, -0.25) is 4.98 Å². The fourth-order valence-corrected chi connectivity index (χ4v) is 6.88. The molecule has 0 amide bonds. The summed E-state index contributed by atoms with van der Waals surface area (Å²) in [4.78, 5) is 14.2. The molecular weight excluding hydrogens is 627 g/mol. The zero-order chi connectivity index (χ0) is 33.8. The first-order valence-corrected chi connectivity index (χ1v) is 16.2. The molecule has 3 nitrogen and oxygen atoms in total. The van der Waals surface area contributed by atoms with Gasteiger partial charge in [-0.05, 0) is 78.8 Å². The number of pyridine rings is 1. The standard InChI is InChI=1S/C44H26F3N3/c45-44(46,47)36-23-33-17-14-31-18-20-37(38-21-19-34(24-36)41(33)42(31)38)28-10-12-30(13-11-28)40-25-39(29-5-2-1-3-6-29)49-43(50-40)32-15-8-27(9-16-32)35-7-4-22-48-26-35/h1-26H. The van der Waals surface area contributed by atoms with Gasteiger partial charge in [0, 0.05) is 29.1 Å². The number of alkyl halides is 3. The van der Waals surface area contributed by atoms with E-state index in [1.54, 1.807) is 18.3 Å². The van der Waals surface area contributed by atoms with E-state index >= 15 is 0 Å². The quantitative estimate of drug-likeness (QED) is 0.174. The normalized spacial score (nSPS) is 11.9. The molecule has 7 aromatic carbocycles. The van der Waals surface area contributed by atoms with Crippen LogP contribution in [0.25, 0.3) is 88.5 Å². The smallest absolute Gasteiger partial charge is 0.264 e. The predicted octanol–water partition coefficient (Wildman–Crippen LogP) is 12.1. The average molecular weight is 654 g/mol. The van der Waals surface area contributed by atoms with Gasteiger partial charge in [0.25, 0.3) is 0 Å². The summed E-state index contributed by atoms with van der Waals surface area (Å²) in [5, 5.41) is 4.98. The highest BCUT2D eigenvalue weighted by molar-refractivity contribution is 6.25. The van der Waals surface area contributed by atoms with Crippen molar-refractivity contribution in [2.45, 2.75) is 6.18 Å². The minimum Gasteiger partial charge on any atom is -0.264 e. The van der Waals surface area contributed by atoms with Crippen LogP contribution in [-0.2, 0) is 6.18 Å². The number of aromatic nitrogens is 3. The molecule has 2 heterocycles. The van der Waals surface area contributed by atoms with Gasteiger partial charge in [-0.1, -0.05) is 121 Å². The minimum absolute atomic E-state index is 0.584. The molecule has 0 aliphatic carbocycles. The Morgan fingerprint density at radius 3 is 1.70 bits per heavy atom. The van der Waals surface area contributed by atoms with Crippen molar-refractivity contribution in [3.63, 3.8) is 0 Å². The first-order chi connectivity index (χ1) is 24.4. The number of nitrogens with zero attached hydrogens (tertiary/aromatic N) is 3. The van der Waals surface area contributed by atoms with E-state index < -0.39 is 11.7 Å². The van der Waals surface area contributed by atoms with Crippen LogP contribution in [0.5, 0.6) is 0 Å². The summed E-state index contributed by atoms with van der Waals surface area (Å²) in [5.41, 5.74) is 7.96. The van der Waals surface area contributed by atoms with E-state index in [1.165, 1.54) is 12.1 Å². The number of halogens is 3. The number of hydrogen-bond acceptors (Lipinski definition) is 3. The third-order valence-corrected chi connectivity index (χ3v) is 9.35. The SMILES string of the molecule is FC(F)(F)c1cc2ccc3ccc(-c4ccc(-c5cc(-c6ccccc6)nc(-c6ccc(-c7cccnc7)cc6)n5)cc4)c4ccc(c1)c2c34. The maximum Gasteiger partial charge on any atom is 0.416 e. The Labute approximate surface area is 285 Å². The summed E-state index contributed by atoms with van der Waals surface area (Å²) in [6.45, 7) is 0. The van der Waals surface area contributed by atoms with Crippen LogP contribution < -0.4 is 0 Å². The lowest BCUT2D eigenvalue weighted by Crippen LogP contribution is -2.04. The van der Waals surface area contributed by atoms with Gasteiger partial charge >= 0.3 is 6.18 Å². The van der Waals surface area contributed by atoms with Gasteiger partial charge in [-0.25, -0.2) is 9.97 Å². The average Bonchev–Trinajstić information content (AvgIpc) is 3.17. The van der Waals surface area contributed by atoms with Crippen LogP contribution in [0.3, 0.4) is 0 Å². The van der Waals surface area contributed by atoms with Crippen LogP contribution in [0.1, 0.15) is 5.56 Å². The summed E-state index contributed by atoms with van der Waals surface area (Å²) in [6, 6.07) is 46.6. The molecule has 9 aromatic rings. The van der Waals surface area contributed by atoms with Crippen molar-refractivity contribution >= 4 is 32.3 Å².